The Morgan fingerprint density at radius 3 is 2.33 bits per heavy atom. The molecule has 54 valence electrons. The molecule has 0 aromatic heterocycles. The summed E-state index contributed by atoms with van der Waals surface area (Å²) >= 11 is 5.89. The second kappa shape index (κ2) is 4.87. The van der Waals surface area contributed by atoms with Crippen LogP contribution in [0.15, 0.2) is 12.2 Å². The van der Waals surface area contributed by atoms with Crippen LogP contribution in [0, 0.1) is 5.92 Å². The van der Waals surface area contributed by atoms with E-state index >= 15 is 0 Å². The standard InChI is InChI=1S/C8H15Cl/c1-4-5-8(9)6-7(2)3/h4-5,7-8H,6H2,1-3H3/b5-4+. The average molecular weight is 147 g/mol. The van der Waals surface area contributed by atoms with E-state index in [9.17, 15) is 0 Å². The second-order valence-corrected chi connectivity index (χ2v) is 3.23. The Bertz CT molecular complexity index is 84.6. The molecule has 0 aliphatic carbocycles. The molecule has 9 heavy (non-hydrogen) atoms. The molecule has 0 heterocycles. The minimum absolute atomic E-state index is 0.231. The lowest BCUT2D eigenvalue weighted by Crippen LogP contribution is -1.98. The van der Waals surface area contributed by atoms with E-state index in [1.54, 1.807) is 0 Å². The third-order valence-corrected chi connectivity index (χ3v) is 1.42. The molecule has 0 spiro atoms. The molecule has 0 aromatic carbocycles. The summed E-state index contributed by atoms with van der Waals surface area (Å²) in [5, 5.41) is 0.231. The zero-order chi connectivity index (χ0) is 7.28. The maximum Gasteiger partial charge on any atom is 0.0518 e. The van der Waals surface area contributed by atoms with E-state index in [0.29, 0.717) is 5.92 Å². The smallest absolute Gasteiger partial charge is 0.0518 e. The first-order chi connectivity index (χ1) is 4.16. The highest BCUT2D eigenvalue weighted by Gasteiger charge is 2.00. The van der Waals surface area contributed by atoms with Crippen molar-refractivity contribution in [1.29, 1.82) is 0 Å². The molecule has 0 saturated heterocycles. The van der Waals surface area contributed by atoms with Crippen LogP contribution in [0.4, 0.5) is 0 Å². The minimum atomic E-state index is 0.231. The van der Waals surface area contributed by atoms with Gasteiger partial charge in [-0.1, -0.05) is 26.0 Å². The molecule has 1 atom stereocenters. The monoisotopic (exact) mass is 146 g/mol. The van der Waals surface area contributed by atoms with Gasteiger partial charge in [0.1, 0.15) is 0 Å². The number of rotatable bonds is 3. The minimum Gasteiger partial charge on any atom is -0.118 e. The first kappa shape index (κ1) is 9.03. The van der Waals surface area contributed by atoms with Gasteiger partial charge in [0.25, 0.3) is 0 Å². The fraction of sp³-hybridized carbons (Fsp3) is 0.750. The molecule has 0 aliphatic heterocycles. The van der Waals surface area contributed by atoms with Crippen LogP contribution in [-0.2, 0) is 0 Å². The van der Waals surface area contributed by atoms with Crippen molar-refractivity contribution in [2.75, 3.05) is 0 Å². The Hall–Kier alpha value is 0.0300. The van der Waals surface area contributed by atoms with Crippen molar-refractivity contribution in [3.63, 3.8) is 0 Å². The molecule has 0 amide bonds. The molecule has 0 rings (SSSR count). The molecule has 0 nitrogen and oxygen atoms in total. The zero-order valence-corrected chi connectivity index (χ0v) is 7.15. The number of alkyl halides is 1. The molecule has 0 fully saturated rings. The number of hydrogen-bond donors (Lipinski definition) is 0. The van der Waals surface area contributed by atoms with Crippen LogP contribution in [0.2, 0.25) is 0 Å². The quantitative estimate of drug-likeness (QED) is 0.424. The van der Waals surface area contributed by atoms with Crippen molar-refractivity contribution >= 4 is 11.6 Å². The van der Waals surface area contributed by atoms with Gasteiger partial charge in [-0.15, -0.1) is 11.6 Å². The third-order valence-electron chi connectivity index (χ3n) is 1.10. The predicted molar refractivity (Wildman–Crippen MR) is 43.9 cm³/mol. The van der Waals surface area contributed by atoms with Crippen LogP contribution in [0.3, 0.4) is 0 Å². The Morgan fingerprint density at radius 2 is 2.00 bits per heavy atom. The fourth-order valence-electron chi connectivity index (χ4n) is 0.738. The van der Waals surface area contributed by atoms with Gasteiger partial charge in [-0.25, -0.2) is 0 Å². The molecule has 1 heteroatoms. The van der Waals surface area contributed by atoms with Crippen LogP contribution >= 0.6 is 11.6 Å². The molecule has 0 aliphatic rings. The summed E-state index contributed by atoms with van der Waals surface area (Å²) in [6.07, 6.45) is 5.10. The molecule has 0 aromatic rings. The summed E-state index contributed by atoms with van der Waals surface area (Å²) in [5.74, 6) is 0.698. The SMILES string of the molecule is C/C=C/C(Cl)CC(C)C. The Labute approximate surface area is 62.9 Å². The van der Waals surface area contributed by atoms with Crippen LogP contribution in [0.5, 0.6) is 0 Å². The van der Waals surface area contributed by atoms with Gasteiger partial charge in [-0.05, 0) is 19.3 Å². The summed E-state index contributed by atoms with van der Waals surface area (Å²) in [7, 11) is 0. The number of allylic oxidation sites excluding steroid dienone is 2. The van der Waals surface area contributed by atoms with Crippen molar-refractivity contribution in [2.45, 2.75) is 32.6 Å². The highest BCUT2D eigenvalue weighted by Crippen LogP contribution is 2.11. The van der Waals surface area contributed by atoms with E-state index in [2.05, 4.69) is 13.8 Å². The van der Waals surface area contributed by atoms with E-state index in [1.807, 2.05) is 19.1 Å². The maximum absolute atomic E-state index is 5.89. The molecule has 1 unspecified atom stereocenters. The third kappa shape index (κ3) is 5.91. The number of halogens is 1. The molecular weight excluding hydrogens is 132 g/mol. The molecule has 0 radical (unpaired) electrons. The van der Waals surface area contributed by atoms with Gasteiger partial charge in [0, 0.05) is 0 Å². The molecular formula is C8H15Cl. The highest BCUT2D eigenvalue weighted by atomic mass is 35.5. The lowest BCUT2D eigenvalue weighted by molar-refractivity contribution is 0.598. The maximum atomic E-state index is 5.89. The van der Waals surface area contributed by atoms with Gasteiger partial charge >= 0.3 is 0 Å². The normalized spacial score (nSPS) is 15.2. The van der Waals surface area contributed by atoms with Crippen molar-refractivity contribution < 1.29 is 0 Å². The van der Waals surface area contributed by atoms with Gasteiger partial charge in [0.2, 0.25) is 0 Å². The zero-order valence-electron chi connectivity index (χ0n) is 6.39. The van der Waals surface area contributed by atoms with Crippen molar-refractivity contribution in [1.82, 2.24) is 0 Å². The molecule has 0 N–H and O–H groups in total. The predicted octanol–water partition coefficient (Wildman–Crippen LogP) is 3.22. The Morgan fingerprint density at radius 1 is 1.44 bits per heavy atom. The van der Waals surface area contributed by atoms with Gasteiger partial charge in [-0.3, -0.25) is 0 Å². The van der Waals surface area contributed by atoms with Crippen molar-refractivity contribution in [3.05, 3.63) is 12.2 Å². The first-order valence-corrected chi connectivity index (χ1v) is 3.87. The van der Waals surface area contributed by atoms with E-state index < -0.39 is 0 Å². The van der Waals surface area contributed by atoms with E-state index in [1.165, 1.54) is 0 Å². The highest BCUT2D eigenvalue weighted by molar-refractivity contribution is 6.21. The fourth-order valence-corrected chi connectivity index (χ4v) is 1.24. The van der Waals surface area contributed by atoms with E-state index in [0.717, 1.165) is 6.42 Å². The lowest BCUT2D eigenvalue weighted by atomic mass is 10.1. The second-order valence-electron chi connectivity index (χ2n) is 2.67. The summed E-state index contributed by atoms with van der Waals surface area (Å²) in [5.41, 5.74) is 0. The largest absolute Gasteiger partial charge is 0.118 e. The summed E-state index contributed by atoms with van der Waals surface area (Å²) in [6.45, 7) is 6.35. The van der Waals surface area contributed by atoms with Gasteiger partial charge in [0.05, 0.1) is 5.38 Å². The molecule has 0 saturated carbocycles. The van der Waals surface area contributed by atoms with E-state index in [-0.39, 0.29) is 5.38 Å². The number of hydrogen-bond acceptors (Lipinski definition) is 0. The molecule has 0 bridgehead atoms. The van der Waals surface area contributed by atoms with Crippen LogP contribution in [0.1, 0.15) is 27.2 Å². The lowest BCUT2D eigenvalue weighted by Gasteiger charge is -2.05. The van der Waals surface area contributed by atoms with Crippen LogP contribution < -0.4 is 0 Å². The van der Waals surface area contributed by atoms with Crippen LogP contribution in [-0.4, -0.2) is 5.38 Å². The van der Waals surface area contributed by atoms with Gasteiger partial charge in [-0.2, -0.15) is 0 Å². The van der Waals surface area contributed by atoms with Crippen molar-refractivity contribution in [2.24, 2.45) is 5.92 Å². The Balaban J connectivity index is 3.38. The van der Waals surface area contributed by atoms with Gasteiger partial charge in [0.15, 0.2) is 0 Å². The topological polar surface area (TPSA) is 0 Å². The Kier molecular flexibility index (Phi) is 4.88. The van der Waals surface area contributed by atoms with Crippen LogP contribution in [0.25, 0.3) is 0 Å². The summed E-state index contributed by atoms with van der Waals surface area (Å²) in [6, 6.07) is 0. The summed E-state index contributed by atoms with van der Waals surface area (Å²) < 4.78 is 0. The van der Waals surface area contributed by atoms with Gasteiger partial charge < -0.3 is 0 Å². The van der Waals surface area contributed by atoms with Crippen molar-refractivity contribution in [3.8, 4) is 0 Å². The first-order valence-electron chi connectivity index (χ1n) is 3.43. The average Bonchev–Trinajstić information content (AvgIpc) is 1.63. The van der Waals surface area contributed by atoms with E-state index in [4.69, 9.17) is 11.6 Å². The summed E-state index contributed by atoms with van der Waals surface area (Å²) in [4.78, 5) is 0.